The predicted molar refractivity (Wildman–Crippen MR) is 68.8 cm³/mol. The molecule has 0 saturated carbocycles. The molecule has 0 atom stereocenters. The first-order chi connectivity index (χ1) is 9.58. The highest BCUT2D eigenvalue weighted by molar-refractivity contribution is 6.29. The summed E-state index contributed by atoms with van der Waals surface area (Å²) in [6, 6.07) is 5.70. The van der Waals surface area contributed by atoms with Gasteiger partial charge in [-0.25, -0.2) is 9.97 Å². The Balaban J connectivity index is 2.17. The van der Waals surface area contributed by atoms with Crippen LogP contribution in [0.2, 0.25) is 5.15 Å². The lowest BCUT2D eigenvalue weighted by molar-refractivity contribution is -0.0498. The zero-order valence-corrected chi connectivity index (χ0v) is 10.6. The number of nitrogens with zero attached hydrogens (tertiary/aromatic N) is 2. The SMILES string of the molecule is O=Cc1ncc(Cl)nc1Nc1ccc(OC(F)F)cc1. The van der Waals surface area contributed by atoms with Crippen LogP contribution in [0.4, 0.5) is 20.3 Å². The molecule has 1 heterocycles. The van der Waals surface area contributed by atoms with Crippen molar-refractivity contribution in [2.75, 3.05) is 5.32 Å². The molecule has 0 fully saturated rings. The molecule has 0 aliphatic carbocycles. The van der Waals surface area contributed by atoms with E-state index in [0.717, 1.165) is 0 Å². The number of aldehydes is 1. The average molecular weight is 300 g/mol. The molecule has 20 heavy (non-hydrogen) atoms. The van der Waals surface area contributed by atoms with Crippen molar-refractivity contribution < 1.29 is 18.3 Å². The molecule has 0 aliphatic heterocycles. The van der Waals surface area contributed by atoms with E-state index in [9.17, 15) is 13.6 Å². The van der Waals surface area contributed by atoms with E-state index in [1.165, 1.54) is 30.5 Å². The van der Waals surface area contributed by atoms with Crippen molar-refractivity contribution >= 4 is 29.4 Å². The number of alkyl halides is 2. The second-order valence-corrected chi connectivity index (χ2v) is 3.96. The van der Waals surface area contributed by atoms with E-state index in [1.807, 2.05) is 0 Å². The number of carbonyl (C=O) groups is 1. The van der Waals surface area contributed by atoms with Crippen molar-refractivity contribution in [2.45, 2.75) is 6.61 Å². The van der Waals surface area contributed by atoms with Gasteiger partial charge in [-0.05, 0) is 24.3 Å². The fourth-order valence-electron chi connectivity index (χ4n) is 1.41. The Hall–Kier alpha value is -2.28. The number of carbonyl (C=O) groups excluding carboxylic acids is 1. The maximum Gasteiger partial charge on any atom is 0.387 e. The smallest absolute Gasteiger partial charge is 0.387 e. The third kappa shape index (κ3) is 3.61. The summed E-state index contributed by atoms with van der Waals surface area (Å²) in [5.74, 6) is 0.202. The number of halogens is 3. The van der Waals surface area contributed by atoms with Crippen molar-refractivity contribution in [1.82, 2.24) is 9.97 Å². The first-order valence-corrected chi connectivity index (χ1v) is 5.76. The summed E-state index contributed by atoms with van der Waals surface area (Å²) in [7, 11) is 0. The Morgan fingerprint density at radius 1 is 1.30 bits per heavy atom. The van der Waals surface area contributed by atoms with Crippen molar-refractivity contribution in [1.29, 1.82) is 0 Å². The van der Waals surface area contributed by atoms with Gasteiger partial charge in [0.25, 0.3) is 0 Å². The molecule has 104 valence electrons. The summed E-state index contributed by atoms with van der Waals surface area (Å²) in [5, 5.41) is 2.93. The third-order valence-electron chi connectivity index (χ3n) is 2.23. The van der Waals surface area contributed by atoms with Gasteiger partial charge in [-0.1, -0.05) is 11.6 Å². The number of nitrogens with one attached hydrogen (secondary N) is 1. The molecule has 0 bridgehead atoms. The summed E-state index contributed by atoms with van der Waals surface area (Å²) < 4.78 is 28.2. The highest BCUT2D eigenvalue weighted by atomic mass is 35.5. The molecule has 2 aromatic rings. The van der Waals surface area contributed by atoms with Gasteiger partial charge in [-0.3, -0.25) is 4.79 Å². The minimum Gasteiger partial charge on any atom is -0.435 e. The third-order valence-corrected chi connectivity index (χ3v) is 2.41. The Labute approximate surface area is 117 Å². The Bertz CT molecular complexity index is 608. The second-order valence-electron chi connectivity index (χ2n) is 3.57. The van der Waals surface area contributed by atoms with Crippen LogP contribution in [0, 0.1) is 0 Å². The van der Waals surface area contributed by atoms with Crippen LogP contribution in [0.5, 0.6) is 5.75 Å². The van der Waals surface area contributed by atoms with Gasteiger partial charge in [0.05, 0.1) is 6.20 Å². The lowest BCUT2D eigenvalue weighted by Gasteiger charge is -2.09. The van der Waals surface area contributed by atoms with Crippen molar-refractivity contribution in [2.24, 2.45) is 0 Å². The maximum atomic E-state index is 12.0. The van der Waals surface area contributed by atoms with Gasteiger partial charge in [-0.15, -0.1) is 0 Å². The van der Waals surface area contributed by atoms with Crippen LogP contribution >= 0.6 is 11.6 Å². The molecule has 1 aromatic heterocycles. The molecule has 0 aliphatic rings. The molecular formula is C12H8ClF2N3O2. The van der Waals surface area contributed by atoms with Crippen LogP contribution in [0.1, 0.15) is 10.5 Å². The van der Waals surface area contributed by atoms with Crippen molar-refractivity contribution in [3.05, 3.63) is 41.3 Å². The van der Waals surface area contributed by atoms with Gasteiger partial charge in [0.2, 0.25) is 0 Å². The largest absolute Gasteiger partial charge is 0.435 e. The number of ether oxygens (including phenoxy) is 1. The zero-order chi connectivity index (χ0) is 14.5. The first-order valence-electron chi connectivity index (χ1n) is 5.38. The van der Waals surface area contributed by atoms with Crippen LogP contribution in [0.3, 0.4) is 0 Å². The molecule has 0 radical (unpaired) electrons. The topological polar surface area (TPSA) is 64.1 Å². The summed E-state index contributed by atoms with van der Waals surface area (Å²) in [4.78, 5) is 18.5. The molecule has 0 saturated heterocycles. The summed E-state index contributed by atoms with van der Waals surface area (Å²) in [6.45, 7) is -2.88. The van der Waals surface area contributed by atoms with Crippen LogP contribution in [-0.4, -0.2) is 22.9 Å². The number of benzene rings is 1. The summed E-state index contributed by atoms with van der Waals surface area (Å²) >= 11 is 5.69. The minimum atomic E-state index is -2.88. The van der Waals surface area contributed by atoms with Gasteiger partial charge in [0, 0.05) is 5.69 Å². The fraction of sp³-hybridized carbons (Fsp3) is 0.0833. The lowest BCUT2D eigenvalue weighted by Crippen LogP contribution is -2.03. The molecule has 1 N–H and O–H groups in total. The molecule has 0 unspecified atom stereocenters. The van der Waals surface area contributed by atoms with E-state index in [1.54, 1.807) is 0 Å². The molecule has 0 amide bonds. The van der Waals surface area contributed by atoms with E-state index < -0.39 is 6.61 Å². The molecule has 8 heteroatoms. The molecule has 2 rings (SSSR count). The van der Waals surface area contributed by atoms with Crippen LogP contribution in [-0.2, 0) is 0 Å². The zero-order valence-electron chi connectivity index (χ0n) is 9.89. The molecular weight excluding hydrogens is 292 g/mol. The van der Waals surface area contributed by atoms with Crippen LogP contribution in [0.25, 0.3) is 0 Å². The lowest BCUT2D eigenvalue weighted by atomic mass is 10.3. The van der Waals surface area contributed by atoms with Gasteiger partial charge >= 0.3 is 6.61 Å². The first kappa shape index (κ1) is 14.1. The normalized spacial score (nSPS) is 10.4. The average Bonchev–Trinajstić information content (AvgIpc) is 2.41. The Morgan fingerprint density at radius 3 is 2.60 bits per heavy atom. The van der Waals surface area contributed by atoms with E-state index >= 15 is 0 Å². The van der Waals surface area contributed by atoms with Gasteiger partial charge in [0.15, 0.2) is 12.1 Å². The van der Waals surface area contributed by atoms with E-state index in [4.69, 9.17) is 11.6 Å². The monoisotopic (exact) mass is 299 g/mol. The van der Waals surface area contributed by atoms with Crippen molar-refractivity contribution in [3.63, 3.8) is 0 Å². The molecule has 0 spiro atoms. The Kier molecular flexibility index (Phi) is 4.41. The molecule has 1 aromatic carbocycles. The molecule has 5 nitrogen and oxygen atoms in total. The standard InChI is InChI=1S/C12H8ClF2N3O2/c13-10-5-16-9(6-19)11(18-10)17-7-1-3-8(4-2-7)20-12(14)15/h1-6,12H,(H,17,18). The number of anilines is 2. The maximum absolute atomic E-state index is 12.0. The minimum absolute atomic E-state index is 0.0262. The van der Waals surface area contributed by atoms with Gasteiger partial charge < -0.3 is 10.1 Å². The second kappa shape index (κ2) is 6.25. The number of hydrogen-bond acceptors (Lipinski definition) is 5. The number of aromatic nitrogens is 2. The highest BCUT2D eigenvalue weighted by Gasteiger charge is 2.08. The fourth-order valence-corrected chi connectivity index (χ4v) is 1.54. The number of rotatable bonds is 5. The van der Waals surface area contributed by atoms with E-state index in [2.05, 4.69) is 20.0 Å². The Morgan fingerprint density at radius 2 is 2.00 bits per heavy atom. The number of hydrogen-bond donors (Lipinski definition) is 1. The predicted octanol–water partition coefficient (Wildman–Crippen LogP) is 3.29. The summed E-state index contributed by atoms with van der Waals surface area (Å²) in [6.07, 6.45) is 1.77. The van der Waals surface area contributed by atoms with Crippen LogP contribution in [0.15, 0.2) is 30.5 Å². The van der Waals surface area contributed by atoms with Gasteiger partial charge in [-0.2, -0.15) is 8.78 Å². The van der Waals surface area contributed by atoms with Crippen LogP contribution < -0.4 is 10.1 Å². The van der Waals surface area contributed by atoms with E-state index in [-0.39, 0.29) is 22.4 Å². The van der Waals surface area contributed by atoms with E-state index in [0.29, 0.717) is 12.0 Å². The van der Waals surface area contributed by atoms with Crippen molar-refractivity contribution in [3.8, 4) is 5.75 Å². The summed E-state index contributed by atoms with van der Waals surface area (Å²) in [5.41, 5.74) is 0.605. The quantitative estimate of drug-likeness (QED) is 0.858. The highest BCUT2D eigenvalue weighted by Crippen LogP contribution is 2.22. The van der Waals surface area contributed by atoms with Gasteiger partial charge in [0.1, 0.15) is 16.6 Å².